The molecule has 6 nitrogen and oxygen atoms in total. The Kier molecular flexibility index (Phi) is 7.68. The first-order valence-electron chi connectivity index (χ1n) is 11.7. The molecule has 1 aromatic heterocycles. The van der Waals surface area contributed by atoms with E-state index in [1.807, 2.05) is 55.6 Å². The summed E-state index contributed by atoms with van der Waals surface area (Å²) in [5, 5.41) is 4.33. The quantitative estimate of drug-likeness (QED) is 0.422. The molecule has 174 valence electrons. The van der Waals surface area contributed by atoms with Crippen LogP contribution in [0.15, 0.2) is 54.7 Å². The minimum absolute atomic E-state index is 0.145. The van der Waals surface area contributed by atoms with Crippen molar-refractivity contribution in [1.82, 2.24) is 14.9 Å². The molecule has 2 aromatic carbocycles. The molecule has 0 bridgehead atoms. The van der Waals surface area contributed by atoms with E-state index in [1.165, 1.54) is 0 Å². The minimum atomic E-state index is 0.145. The maximum Gasteiger partial charge on any atom is 0.137 e. The molecule has 0 radical (unpaired) electrons. The van der Waals surface area contributed by atoms with E-state index in [4.69, 9.17) is 21.3 Å². The first kappa shape index (κ1) is 23.3. The van der Waals surface area contributed by atoms with Crippen LogP contribution >= 0.6 is 11.6 Å². The summed E-state index contributed by atoms with van der Waals surface area (Å²) >= 11 is 6.09. The van der Waals surface area contributed by atoms with E-state index in [2.05, 4.69) is 40.0 Å². The molecule has 0 fully saturated rings. The number of ether oxygens (including phenoxy) is 1. The molecule has 4 rings (SSSR count). The van der Waals surface area contributed by atoms with E-state index in [1.54, 1.807) is 0 Å². The highest BCUT2D eigenvalue weighted by Crippen LogP contribution is 2.35. The number of rotatable bonds is 9. The molecule has 1 aliphatic rings. The van der Waals surface area contributed by atoms with Gasteiger partial charge in [-0.3, -0.25) is 0 Å². The van der Waals surface area contributed by atoms with Gasteiger partial charge in [-0.2, -0.15) is 0 Å². The zero-order valence-electron chi connectivity index (χ0n) is 19.6. The van der Waals surface area contributed by atoms with Crippen LogP contribution in [0.4, 0.5) is 11.5 Å². The van der Waals surface area contributed by atoms with E-state index >= 15 is 0 Å². The number of anilines is 2. The van der Waals surface area contributed by atoms with Crippen LogP contribution in [0.2, 0.25) is 5.02 Å². The van der Waals surface area contributed by atoms with Crippen LogP contribution in [-0.4, -0.2) is 47.6 Å². The first-order chi connectivity index (χ1) is 16.1. The lowest BCUT2D eigenvalue weighted by atomic mass is 10.0. The van der Waals surface area contributed by atoms with Crippen LogP contribution in [0, 0.1) is 6.92 Å². The SMILES string of the molecule is CCN(CC)CCN1CCC(Nc2cccc(Oc3cccc(Cl)c3)c2)c2cnc(C)nc21. The van der Waals surface area contributed by atoms with Crippen LogP contribution in [0.3, 0.4) is 0 Å². The number of aryl methyl sites for hydroxylation is 1. The zero-order valence-corrected chi connectivity index (χ0v) is 20.3. The molecule has 1 aliphatic heterocycles. The van der Waals surface area contributed by atoms with E-state index in [0.717, 1.165) is 73.5 Å². The van der Waals surface area contributed by atoms with Crippen molar-refractivity contribution < 1.29 is 4.74 Å². The summed E-state index contributed by atoms with van der Waals surface area (Å²) in [5.41, 5.74) is 2.15. The average molecular weight is 466 g/mol. The van der Waals surface area contributed by atoms with Crippen molar-refractivity contribution in [2.24, 2.45) is 0 Å². The molecule has 2 heterocycles. The fourth-order valence-corrected chi connectivity index (χ4v) is 4.38. The molecule has 7 heteroatoms. The Morgan fingerprint density at radius 2 is 1.88 bits per heavy atom. The Bertz CT molecular complexity index is 1070. The van der Waals surface area contributed by atoms with Gasteiger partial charge in [-0.1, -0.05) is 37.6 Å². The molecule has 1 N–H and O–H groups in total. The number of hydrogen-bond acceptors (Lipinski definition) is 6. The molecule has 1 atom stereocenters. The normalized spacial score (nSPS) is 15.4. The lowest BCUT2D eigenvalue weighted by molar-refractivity contribution is 0.308. The Morgan fingerprint density at radius 1 is 1.12 bits per heavy atom. The van der Waals surface area contributed by atoms with Gasteiger partial charge in [0.05, 0.1) is 6.04 Å². The second-order valence-electron chi connectivity index (χ2n) is 8.28. The number of likely N-dealkylation sites (N-methyl/N-ethyl adjacent to an activating group) is 1. The lowest BCUT2D eigenvalue weighted by Gasteiger charge is -2.36. The zero-order chi connectivity index (χ0) is 23.2. The van der Waals surface area contributed by atoms with E-state index in [9.17, 15) is 0 Å². The summed E-state index contributed by atoms with van der Waals surface area (Å²) in [6.45, 7) is 11.5. The highest BCUT2D eigenvalue weighted by molar-refractivity contribution is 6.30. The third-order valence-electron chi connectivity index (χ3n) is 6.07. The maximum atomic E-state index is 6.09. The summed E-state index contributed by atoms with van der Waals surface area (Å²) < 4.78 is 6.00. The average Bonchev–Trinajstić information content (AvgIpc) is 2.81. The third kappa shape index (κ3) is 5.95. The van der Waals surface area contributed by atoms with Crippen molar-refractivity contribution >= 4 is 23.1 Å². The van der Waals surface area contributed by atoms with Gasteiger partial charge in [-0.25, -0.2) is 9.97 Å². The van der Waals surface area contributed by atoms with Gasteiger partial charge in [-0.05, 0) is 56.8 Å². The second-order valence-corrected chi connectivity index (χ2v) is 8.72. The van der Waals surface area contributed by atoms with Crippen molar-refractivity contribution in [1.29, 1.82) is 0 Å². The largest absolute Gasteiger partial charge is 0.457 e. The van der Waals surface area contributed by atoms with Gasteiger partial charge in [0.1, 0.15) is 23.1 Å². The topological polar surface area (TPSA) is 53.5 Å². The third-order valence-corrected chi connectivity index (χ3v) is 6.30. The Hall–Kier alpha value is -2.83. The second kappa shape index (κ2) is 10.9. The van der Waals surface area contributed by atoms with Crippen molar-refractivity contribution in [3.8, 4) is 11.5 Å². The van der Waals surface area contributed by atoms with E-state index in [0.29, 0.717) is 5.02 Å². The Labute approximate surface area is 201 Å². The summed E-state index contributed by atoms with van der Waals surface area (Å²) in [5.74, 6) is 3.33. The molecular formula is C26H32ClN5O. The van der Waals surface area contributed by atoms with Gasteiger partial charge < -0.3 is 19.9 Å². The molecule has 0 aliphatic carbocycles. The maximum absolute atomic E-state index is 6.09. The van der Waals surface area contributed by atoms with Crippen molar-refractivity contribution in [2.45, 2.75) is 33.2 Å². The molecule has 3 aromatic rings. The van der Waals surface area contributed by atoms with Crippen molar-refractivity contribution in [3.05, 3.63) is 71.1 Å². The summed E-state index contributed by atoms with van der Waals surface area (Å²) in [6.07, 6.45) is 2.96. The summed E-state index contributed by atoms with van der Waals surface area (Å²) in [6, 6.07) is 15.6. The fourth-order valence-electron chi connectivity index (χ4n) is 4.20. The molecular weight excluding hydrogens is 434 g/mol. The summed E-state index contributed by atoms with van der Waals surface area (Å²) in [7, 11) is 0. The van der Waals surface area contributed by atoms with Crippen LogP contribution in [0.1, 0.15) is 37.7 Å². The van der Waals surface area contributed by atoms with Gasteiger partial charge in [0.15, 0.2) is 0 Å². The van der Waals surface area contributed by atoms with Gasteiger partial charge in [0.2, 0.25) is 0 Å². The van der Waals surface area contributed by atoms with Crippen LogP contribution in [0.25, 0.3) is 0 Å². The van der Waals surface area contributed by atoms with Crippen LogP contribution < -0.4 is 15.0 Å². The molecule has 0 saturated carbocycles. The predicted molar refractivity (Wildman–Crippen MR) is 136 cm³/mol. The molecule has 0 saturated heterocycles. The Morgan fingerprint density at radius 3 is 2.64 bits per heavy atom. The smallest absolute Gasteiger partial charge is 0.137 e. The number of fused-ring (bicyclic) bond motifs is 1. The van der Waals surface area contributed by atoms with Gasteiger partial charge in [-0.15, -0.1) is 0 Å². The highest BCUT2D eigenvalue weighted by atomic mass is 35.5. The lowest BCUT2D eigenvalue weighted by Crippen LogP contribution is -2.40. The number of benzene rings is 2. The number of aromatic nitrogens is 2. The number of nitrogens with zero attached hydrogens (tertiary/aromatic N) is 4. The van der Waals surface area contributed by atoms with E-state index in [-0.39, 0.29) is 6.04 Å². The standard InChI is InChI=1S/C26H32ClN5O/c1-4-31(5-2)14-15-32-13-12-25(24-18-28-19(3)29-26(24)32)30-21-9-7-11-23(17-21)33-22-10-6-8-20(27)16-22/h6-11,16-18,25,30H,4-5,12-15H2,1-3H3. The molecule has 0 spiro atoms. The number of halogens is 1. The van der Waals surface area contributed by atoms with Crippen molar-refractivity contribution in [2.75, 3.05) is 42.9 Å². The van der Waals surface area contributed by atoms with Gasteiger partial charge in [0, 0.05) is 48.2 Å². The highest BCUT2D eigenvalue weighted by Gasteiger charge is 2.27. The van der Waals surface area contributed by atoms with Gasteiger partial charge >= 0.3 is 0 Å². The first-order valence-corrected chi connectivity index (χ1v) is 12.0. The van der Waals surface area contributed by atoms with E-state index < -0.39 is 0 Å². The summed E-state index contributed by atoms with van der Waals surface area (Å²) in [4.78, 5) is 14.2. The predicted octanol–water partition coefficient (Wildman–Crippen LogP) is 5.94. The number of hydrogen-bond donors (Lipinski definition) is 1. The van der Waals surface area contributed by atoms with Crippen molar-refractivity contribution in [3.63, 3.8) is 0 Å². The van der Waals surface area contributed by atoms with Gasteiger partial charge in [0.25, 0.3) is 0 Å². The van der Waals surface area contributed by atoms with Crippen LogP contribution in [0.5, 0.6) is 11.5 Å². The van der Waals surface area contributed by atoms with Crippen LogP contribution in [-0.2, 0) is 0 Å². The minimum Gasteiger partial charge on any atom is -0.457 e. The molecule has 33 heavy (non-hydrogen) atoms. The fraction of sp³-hybridized carbons (Fsp3) is 0.385. The monoisotopic (exact) mass is 465 g/mol. The molecule has 0 amide bonds. The number of nitrogens with one attached hydrogen (secondary N) is 1. The Balaban J connectivity index is 1.49. The molecule has 1 unspecified atom stereocenters.